The molecule has 0 aliphatic heterocycles. The molecule has 90 valence electrons. The number of alkyl halides is 2. The Labute approximate surface area is 129 Å². The van der Waals surface area contributed by atoms with E-state index in [0.717, 1.165) is 0 Å². The molecule has 1 atom stereocenters. The zero-order valence-corrected chi connectivity index (χ0v) is 13.1. The lowest BCUT2D eigenvalue weighted by atomic mass is 10.3. The number of benzene rings is 1. The van der Waals surface area contributed by atoms with Crippen molar-refractivity contribution in [1.82, 2.24) is 0 Å². The molecule has 1 aromatic carbocycles. The Balaban J connectivity index is 3.58. The molecule has 9 heteroatoms. The summed E-state index contributed by atoms with van der Waals surface area (Å²) in [7, 11) is -1.85. The average molecular weight is 381 g/mol. The minimum absolute atomic E-state index is 0.0141. The summed E-state index contributed by atoms with van der Waals surface area (Å²) in [5.41, 5.74) is 0. The monoisotopic (exact) mass is 378 g/mol. The number of rotatable bonds is 2. The van der Waals surface area contributed by atoms with Crippen molar-refractivity contribution in [3.63, 3.8) is 0 Å². The van der Waals surface area contributed by atoms with Gasteiger partial charge in [0.25, 0.3) is 0 Å². The van der Waals surface area contributed by atoms with Crippen molar-refractivity contribution in [2.75, 3.05) is 0 Å². The maximum atomic E-state index is 11.7. The standard InChI is InChI=1S/C7HCl7OS/c8-1-2(9)4(11)6(5(12)3(1)10)16(15)7(13)14/h7H. The summed E-state index contributed by atoms with van der Waals surface area (Å²) in [5.74, 6) is 0. The molecule has 1 nitrogen and oxygen atoms in total. The largest absolute Gasteiger partial charge is 0.251 e. The molecule has 0 radical (unpaired) electrons. The van der Waals surface area contributed by atoms with E-state index in [2.05, 4.69) is 0 Å². The zero-order chi connectivity index (χ0) is 12.6. The highest BCUT2D eigenvalue weighted by molar-refractivity contribution is 7.88. The van der Waals surface area contributed by atoms with Gasteiger partial charge in [-0.15, -0.1) is 0 Å². The van der Waals surface area contributed by atoms with Gasteiger partial charge >= 0.3 is 0 Å². The highest BCUT2D eigenvalue weighted by Gasteiger charge is 2.26. The molecule has 1 aromatic rings. The molecule has 0 saturated heterocycles. The summed E-state index contributed by atoms with van der Waals surface area (Å²) in [4.78, 5) is -0.0299. The normalized spacial score (nSPS) is 13.2. The van der Waals surface area contributed by atoms with Gasteiger partial charge in [0.2, 0.25) is 0 Å². The van der Waals surface area contributed by atoms with Gasteiger partial charge in [-0.05, 0) is 0 Å². The summed E-state index contributed by atoms with van der Waals surface area (Å²) in [6, 6.07) is 0. The summed E-state index contributed by atoms with van der Waals surface area (Å²) < 4.78 is 10.5. The van der Waals surface area contributed by atoms with E-state index in [4.69, 9.17) is 81.2 Å². The molecule has 0 spiro atoms. The Morgan fingerprint density at radius 3 is 1.38 bits per heavy atom. The molecule has 0 amide bonds. The maximum Gasteiger partial charge on any atom is 0.186 e. The van der Waals surface area contributed by atoms with Crippen LogP contribution in [0.25, 0.3) is 0 Å². The molecule has 0 saturated carbocycles. The van der Waals surface area contributed by atoms with Gasteiger partial charge in [-0.3, -0.25) is 4.21 Å². The van der Waals surface area contributed by atoms with Gasteiger partial charge in [0, 0.05) is 0 Å². The molecular formula is C7HCl7OS. The van der Waals surface area contributed by atoms with E-state index in [-0.39, 0.29) is 30.0 Å². The van der Waals surface area contributed by atoms with Crippen molar-refractivity contribution in [3.8, 4) is 0 Å². The Morgan fingerprint density at radius 2 is 1.06 bits per heavy atom. The van der Waals surface area contributed by atoms with Crippen molar-refractivity contribution in [1.29, 1.82) is 0 Å². The van der Waals surface area contributed by atoms with Gasteiger partial charge in [0.15, 0.2) is 4.17 Å². The average Bonchev–Trinajstić information content (AvgIpc) is 2.23. The second-order valence-electron chi connectivity index (χ2n) is 2.46. The molecule has 0 aromatic heterocycles. The van der Waals surface area contributed by atoms with Crippen LogP contribution in [0.3, 0.4) is 0 Å². The van der Waals surface area contributed by atoms with Gasteiger partial charge < -0.3 is 0 Å². The van der Waals surface area contributed by atoms with Crippen LogP contribution in [0.1, 0.15) is 0 Å². The molecule has 0 aliphatic carbocycles. The van der Waals surface area contributed by atoms with Crippen LogP contribution in [-0.4, -0.2) is 8.38 Å². The molecule has 0 aliphatic rings. The van der Waals surface area contributed by atoms with E-state index in [9.17, 15) is 4.21 Å². The first-order valence-corrected chi connectivity index (χ1v) is 7.46. The molecule has 0 fully saturated rings. The summed E-state index contributed by atoms with van der Waals surface area (Å²) in [6.45, 7) is 0. The molecule has 0 bridgehead atoms. The molecule has 1 unspecified atom stereocenters. The van der Waals surface area contributed by atoms with E-state index >= 15 is 0 Å². The lowest BCUT2D eigenvalue weighted by Crippen LogP contribution is -2.03. The summed E-state index contributed by atoms with van der Waals surface area (Å²) >= 11 is 40.0. The molecular weight excluding hydrogens is 380 g/mol. The van der Waals surface area contributed by atoms with Crippen molar-refractivity contribution in [2.24, 2.45) is 0 Å². The fourth-order valence-electron chi connectivity index (χ4n) is 0.850. The molecule has 1 rings (SSSR count). The van der Waals surface area contributed by atoms with Crippen LogP contribution < -0.4 is 0 Å². The summed E-state index contributed by atoms with van der Waals surface area (Å²) in [6.07, 6.45) is 0. The lowest BCUT2D eigenvalue weighted by Gasteiger charge is -2.12. The Hall–Kier alpha value is 1.40. The zero-order valence-electron chi connectivity index (χ0n) is 7.04. The third-order valence-corrected chi connectivity index (χ3v) is 6.14. The molecule has 0 N–H and O–H groups in total. The highest BCUT2D eigenvalue weighted by atomic mass is 35.5. The third-order valence-electron chi connectivity index (χ3n) is 1.53. The van der Waals surface area contributed by atoms with Gasteiger partial charge in [0.05, 0.1) is 40.8 Å². The lowest BCUT2D eigenvalue weighted by molar-refractivity contribution is 0.685. The van der Waals surface area contributed by atoms with Crippen molar-refractivity contribution >= 4 is 92.0 Å². The predicted molar refractivity (Wildman–Crippen MR) is 73.4 cm³/mol. The van der Waals surface area contributed by atoms with Crippen molar-refractivity contribution in [2.45, 2.75) is 9.06 Å². The minimum atomic E-state index is -1.85. The Morgan fingerprint density at radius 1 is 0.750 bits per heavy atom. The van der Waals surface area contributed by atoms with Crippen LogP contribution >= 0.6 is 81.2 Å². The highest BCUT2D eigenvalue weighted by Crippen LogP contribution is 2.46. The number of hydrogen-bond donors (Lipinski definition) is 0. The SMILES string of the molecule is O=S(c1c(Cl)c(Cl)c(Cl)c(Cl)c1Cl)C(Cl)Cl. The van der Waals surface area contributed by atoms with Crippen LogP contribution in [-0.2, 0) is 10.8 Å². The van der Waals surface area contributed by atoms with Gasteiger partial charge in [-0.2, -0.15) is 0 Å². The quantitative estimate of drug-likeness (QED) is 0.358. The molecule has 16 heavy (non-hydrogen) atoms. The molecule has 0 heterocycles. The van der Waals surface area contributed by atoms with E-state index in [1.165, 1.54) is 0 Å². The topological polar surface area (TPSA) is 17.1 Å². The summed E-state index contributed by atoms with van der Waals surface area (Å²) in [5, 5.41) is -0.263. The van der Waals surface area contributed by atoms with Crippen LogP contribution in [0, 0.1) is 0 Å². The number of hydrogen-bond acceptors (Lipinski definition) is 1. The number of halogens is 7. The fraction of sp³-hybridized carbons (Fsp3) is 0.143. The second kappa shape index (κ2) is 6.03. The van der Waals surface area contributed by atoms with E-state index in [1.807, 2.05) is 0 Å². The van der Waals surface area contributed by atoms with Crippen LogP contribution in [0.2, 0.25) is 25.1 Å². The van der Waals surface area contributed by atoms with E-state index < -0.39 is 15.0 Å². The first kappa shape index (κ1) is 15.5. The van der Waals surface area contributed by atoms with Crippen LogP contribution in [0.5, 0.6) is 0 Å². The smallest absolute Gasteiger partial charge is 0.186 e. The van der Waals surface area contributed by atoms with Gasteiger partial charge in [0.1, 0.15) is 0 Å². The fourth-order valence-corrected chi connectivity index (χ4v) is 3.83. The minimum Gasteiger partial charge on any atom is -0.251 e. The van der Waals surface area contributed by atoms with Gasteiger partial charge in [-0.1, -0.05) is 81.2 Å². The Bertz CT molecular complexity index is 430. The Kier molecular flexibility index (Phi) is 5.82. The second-order valence-corrected chi connectivity index (χ2v) is 7.44. The van der Waals surface area contributed by atoms with Gasteiger partial charge in [-0.25, -0.2) is 0 Å². The first-order valence-electron chi connectivity index (χ1n) is 3.49. The first-order chi connectivity index (χ1) is 7.29. The third kappa shape index (κ3) is 2.86. The van der Waals surface area contributed by atoms with Crippen molar-refractivity contribution in [3.05, 3.63) is 25.1 Å². The van der Waals surface area contributed by atoms with Crippen LogP contribution in [0.4, 0.5) is 0 Å². The predicted octanol–water partition coefficient (Wildman–Crippen LogP) is 5.82. The van der Waals surface area contributed by atoms with E-state index in [1.54, 1.807) is 0 Å². The van der Waals surface area contributed by atoms with Crippen LogP contribution in [0.15, 0.2) is 4.90 Å². The maximum absolute atomic E-state index is 11.7. The van der Waals surface area contributed by atoms with Crippen molar-refractivity contribution < 1.29 is 4.21 Å². The van der Waals surface area contributed by atoms with E-state index in [0.29, 0.717) is 0 Å².